The molecule has 1 fully saturated rings. The van der Waals surface area contributed by atoms with Crippen molar-refractivity contribution in [2.75, 3.05) is 25.0 Å². The molecular formula is C18H30N2. The van der Waals surface area contributed by atoms with Crippen LogP contribution in [0.4, 0.5) is 5.69 Å². The van der Waals surface area contributed by atoms with Crippen LogP contribution in [0.3, 0.4) is 0 Å². The van der Waals surface area contributed by atoms with Crippen LogP contribution in [0.2, 0.25) is 0 Å². The van der Waals surface area contributed by atoms with Crippen molar-refractivity contribution >= 4 is 5.69 Å². The molecule has 112 valence electrons. The van der Waals surface area contributed by atoms with Gasteiger partial charge in [0.2, 0.25) is 0 Å². The highest BCUT2D eigenvalue weighted by molar-refractivity contribution is 5.47. The van der Waals surface area contributed by atoms with Crippen LogP contribution in [0.15, 0.2) is 24.3 Å². The standard InChI is InChI=1S/C18H30N2/c1-18(2,3)16-6-5-12-20(13-11-16)17-9-7-15(8-10-17)14-19-4/h7-10,16,19H,5-6,11-14H2,1-4H3. The highest BCUT2D eigenvalue weighted by Gasteiger charge is 2.27. The van der Waals surface area contributed by atoms with Gasteiger partial charge in [0.1, 0.15) is 0 Å². The summed E-state index contributed by atoms with van der Waals surface area (Å²) in [7, 11) is 2.00. The van der Waals surface area contributed by atoms with Gasteiger partial charge in [-0.15, -0.1) is 0 Å². The Bertz CT molecular complexity index is 402. The first-order valence-electron chi connectivity index (χ1n) is 7.99. The molecule has 1 aliphatic rings. The van der Waals surface area contributed by atoms with Gasteiger partial charge in [-0.2, -0.15) is 0 Å². The minimum absolute atomic E-state index is 0.451. The number of nitrogens with one attached hydrogen (secondary N) is 1. The van der Waals surface area contributed by atoms with Crippen molar-refractivity contribution in [2.24, 2.45) is 11.3 Å². The summed E-state index contributed by atoms with van der Waals surface area (Å²) in [4.78, 5) is 2.56. The molecule has 2 heteroatoms. The lowest BCUT2D eigenvalue weighted by Gasteiger charge is -2.30. The first kappa shape index (κ1) is 15.4. The van der Waals surface area contributed by atoms with Crippen LogP contribution in [0.1, 0.15) is 45.6 Å². The molecule has 0 amide bonds. The maximum Gasteiger partial charge on any atom is 0.0366 e. The first-order valence-corrected chi connectivity index (χ1v) is 7.99. The van der Waals surface area contributed by atoms with Gasteiger partial charge in [0.05, 0.1) is 0 Å². The number of nitrogens with zero attached hydrogens (tertiary/aromatic N) is 1. The van der Waals surface area contributed by atoms with Gasteiger partial charge in [0.25, 0.3) is 0 Å². The van der Waals surface area contributed by atoms with Gasteiger partial charge in [0.15, 0.2) is 0 Å². The minimum Gasteiger partial charge on any atom is -0.372 e. The molecule has 2 nitrogen and oxygen atoms in total. The Balaban J connectivity index is 1.99. The molecule has 0 bridgehead atoms. The Morgan fingerprint density at radius 2 is 1.80 bits per heavy atom. The number of anilines is 1. The summed E-state index contributed by atoms with van der Waals surface area (Å²) in [6.07, 6.45) is 4.01. The van der Waals surface area contributed by atoms with Crippen molar-refractivity contribution in [3.05, 3.63) is 29.8 Å². The quantitative estimate of drug-likeness (QED) is 0.894. The summed E-state index contributed by atoms with van der Waals surface area (Å²) < 4.78 is 0. The van der Waals surface area contributed by atoms with E-state index < -0.39 is 0 Å². The SMILES string of the molecule is CNCc1ccc(N2CCCC(C(C)(C)C)CC2)cc1. The lowest BCUT2D eigenvalue weighted by atomic mass is 9.77. The van der Waals surface area contributed by atoms with E-state index in [4.69, 9.17) is 0 Å². The Morgan fingerprint density at radius 1 is 1.10 bits per heavy atom. The van der Waals surface area contributed by atoms with Crippen LogP contribution >= 0.6 is 0 Å². The van der Waals surface area contributed by atoms with E-state index in [-0.39, 0.29) is 0 Å². The van der Waals surface area contributed by atoms with Gasteiger partial charge in [-0.05, 0) is 55.3 Å². The van der Waals surface area contributed by atoms with E-state index in [2.05, 4.69) is 55.3 Å². The van der Waals surface area contributed by atoms with Crippen molar-refractivity contribution < 1.29 is 0 Å². The van der Waals surface area contributed by atoms with Crippen molar-refractivity contribution in [3.8, 4) is 0 Å². The average molecular weight is 274 g/mol. The average Bonchev–Trinajstić information content (AvgIpc) is 2.65. The van der Waals surface area contributed by atoms with Gasteiger partial charge in [-0.3, -0.25) is 0 Å². The van der Waals surface area contributed by atoms with Crippen molar-refractivity contribution in [3.63, 3.8) is 0 Å². The normalized spacial score (nSPS) is 20.8. The highest BCUT2D eigenvalue weighted by atomic mass is 15.1. The molecule has 1 N–H and O–H groups in total. The summed E-state index contributed by atoms with van der Waals surface area (Å²) in [6, 6.07) is 9.06. The topological polar surface area (TPSA) is 15.3 Å². The maximum absolute atomic E-state index is 3.20. The molecule has 20 heavy (non-hydrogen) atoms. The van der Waals surface area contributed by atoms with E-state index in [9.17, 15) is 0 Å². The maximum atomic E-state index is 3.20. The highest BCUT2D eigenvalue weighted by Crippen LogP contribution is 2.35. The van der Waals surface area contributed by atoms with Crippen LogP contribution in [-0.4, -0.2) is 20.1 Å². The minimum atomic E-state index is 0.451. The zero-order chi connectivity index (χ0) is 14.6. The summed E-state index contributed by atoms with van der Waals surface area (Å²) in [6.45, 7) is 10.5. The second-order valence-electron chi connectivity index (χ2n) is 7.18. The van der Waals surface area contributed by atoms with Crippen LogP contribution in [0.5, 0.6) is 0 Å². The first-order chi connectivity index (χ1) is 9.50. The van der Waals surface area contributed by atoms with Crippen LogP contribution in [-0.2, 0) is 6.54 Å². The predicted octanol–water partition coefficient (Wildman–Crippen LogP) is 4.06. The van der Waals surface area contributed by atoms with E-state index in [1.807, 2.05) is 7.05 Å². The second-order valence-corrected chi connectivity index (χ2v) is 7.18. The molecule has 1 aromatic carbocycles. The molecule has 1 aliphatic heterocycles. The van der Waals surface area contributed by atoms with Crippen molar-refractivity contribution in [2.45, 2.75) is 46.6 Å². The third-order valence-electron chi connectivity index (χ3n) is 4.64. The van der Waals surface area contributed by atoms with Gasteiger partial charge in [0, 0.05) is 25.3 Å². The Labute approximate surface area is 124 Å². The second kappa shape index (κ2) is 6.62. The molecule has 1 heterocycles. The summed E-state index contributed by atoms with van der Waals surface area (Å²) >= 11 is 0. The molecule has 1 unspecified atom stereocenters. The molecule has 1 aromatic rings. The molecule has 0 aromatic heterocycles. The molecule has 0 radical (unpaired) electrons. The third-order valence-corrected chi connectivity index (χ3v) is 4.64. The van der Waals surface area contributed by atoms with Crippen molar-refractivity contribution in [1.82, 2.24) is 5.32 Å². The number of hydrogen-bond acceptors (Lipinski definition) is 2. The van der Waals surface area contributed by atoms with E-state index in [0.29, 0.717) is 5.41 Å². The number of hydrogen-bond donors (Lipinski definition) is 1. The van der Waals surface area contributed by atoms with Gasteiger partial charge < -0.3 is 10.2 Å². The third kappa shape index (κ3) is 3.99. The van der Waals surface area contributed by atoms with Crippen LogP contribution < -0.4 is 10.2 Å². The van der Waals surface area contributed by atoms with E-state index in [1.54, 1.807) is 0 Å². The monoisotopic (exact) mass is 274 g/mol. The van der Waals surface area contributed by atoms with E-state index >= 15 is 0 Å². The molecule has 2 rings (SSSR count). The van der Waals surface area contributed by atoms with Gasteiger partial charge >= 0.3 is 0 Å². The van der Waals surface area contributed by atoms with E-state index in [1.165, 1.54) is 43.6 Å². The molecular weight excluding hydrogens is 244 g/mol. The lowest BCUT2D eigenvalue weighted by Crippen LogP contribution is -2.26. The summed E-state index contributed by atoms with van der Waals surface area (Å²) in [5, 5.41) is 3.20. The van der Waals surface area contributed by atoms with E-state index in [0.717, 1.165) is 12.5 Å². The Morgan fingerprint density at radius 3 is 2.40 bits per heavy atom. The van der Waals surface area contributed by atoms with Crippen LogP contribution in [0.25, 0.3) is 0 Å². The molecule has 0 spiro atoms. The molecule has 0 aliphatic carbocycles. The van der Waals surface area contributed by atoms with Gasteiger partial charge in [-0.1, -0.05) is 32.9 Å². The molecule has 1 saturated heterocycles. The molecule has 1 atom stereocenters. The van der Waals surface area contributed by atoms with Crippen molar-refractivity contribution in [1.29, 1.82) is 0 Å². The zero-order valence-corrected chi connectivity index (χ0v) is 13.6. The molecule has 0 saturated carbocycles. The largest absolute Gasteiger partial charge is 0.372 e. The zero-order valence-electron chi connectivity index (χ0n) is 13.6. The summed E-state index contributed by atoms with van der Waals surface area (Å²) in [5.41, 5.74) is 3.20. The fourth-order valence-corrected chi connectivity index (χ4v) is 3.25. The smallest absolute Gasteiger partial charge is 0.0366 e. The number of rotatable bonds is 3. The number of benzene rings is 1. The Hall–Kier alpha value is -1.02. The van der Waals surface area contributed by atoms with Gasteiger partial charge in [-0.25, -0.2) is 0 Å². The fourth-order valence-electron chi connectivity index (χ4n) is 3.25. The Kier molecular flexibility index (Phi) is 5.09. The fraction of sp³-hybridized carbons (Fsp3) is 0.667. The predicted molar refractivity (Wildman–Crippen MR) is 88.2 cm³/mol. The summed E-state index contributed by atoms with van der Waals surface area (Å²) in [5.74, 6) is 0.857. The lowest BCUT2D eigenvalue weighted by molar-refractivity contribution is 0.220. The van der Waals surface area contributed by atoms with Crippen LogP contribution in [0, 0.1) is 11.3 Å².